The smallest absolute Gasteiger partial charge is 0.281 e. The number of rotatable bonds is 2. The van der Waals surface area contributed by atoms with E-state index < -0.39 is 28.8 Å². The van der Waals surface area contributed by atoms with Gasteiger partial charge >= 0.3 is 0 Å². The molecule has 0 unspecified atom stereocenters. The van der Waals surface area contributed by atoms with Crippen molar-refractivity contribution < 1.29 is 18.7 Å². The Morgan fingerprint density at radius 3 is 2.64 bits per heavy atom. The molecule has 14 heavy (non-hydrogen) atoms. The van der Waals surface area contributed by atoms with Crippen molar-refractivity contribution >= 4 is 39.4 Å². The van der Waals surface area contributed by atoms with Gasteiger partial charge in [0.1, 0.15) is 11.4 Å². The monoisotopic (exact) mass is 333 g/mol. The quantitative estimate of drug-likeness (QED) is 0.669. The number of hydrogen-bond donors (Lipinski definition) is 1. The highest BCUT2D eigenvalue weighted by atomic mass is 127. The molecule has 0 aromatic carbocycles. The Bertz CT molecular complexity index is 386. The van der Waals surface area contributed by atoms with Gasteiger partial charge in [0.25, 0.3) is 11.7 Å². The number of hydrogen-bond acceptors (Lipinski definition) is 3. The third-order valence-electron chi connectivity index (χ3n) is 1.38. The van der Waals surface area contributed by atoms with E-state index in [0.29, 0.717) is 0 Å². The van der Waals surface area contributed by atoms with Gasteiger partial charge in [0.2, 0.25) is 0 Å². The number of carbonyl (C=O) groups is 1. The predicted molar refractivity (Wildman–Crippen MR) is 53.8 cm³/mol. The Balaban J connectivity index is 3.34. The van der Waals surface area contributed by atoms with Crippen LogP contribution in [0.3, 0.4) is 0 Å². The maximum Gasteiger partial charge on any atom is 0.281 e. The first-order chi connectivity index (χ1) is 6.43. The molecule has 1 rings (SSSR count). The predicted octanol–water partition coefficient (Wildman–Crippen LogP) is 2.71. The maximum absolute atomic E-state index is 12.3. The standard InChI is InChI=1S/C7H3ClF2INO2/c8-6(14)5-3(13)1-2(11)4(12-5)7(9)10/h1,7,13H. The highest BCUT2D eigenvalue weighted by molar-refractivity contribution is 14.1. The number of aromatic nitrogens is 1. The summed E-state index contributed by atoms with van der Waals surface area (Å²) in [5.41, 5.74) is -1.12. The Labute approximate surface area is 96.2 Å². The van der Waals surface area contributed by atoms with Gasteiger partial charge in [-0.2, -0.15) is 0 Å². The van der Waals surface area contributed by atoms with Crippen molar-refractivity contribution in [3.05, 3.63) is 21.0 Å². The van der Waals surface area contributed by atoms with Crippen LogP contribution in [0.25, 0.3) is 0 Å². The van der Waals surface area contributed by atoms with E-state index in [-0.39, 0.29) is 3.57 Å². The van der Waals surface area contributed by atoms with Crippen molar-refractivity contribution in [3.63, 3.8) is 0 Å². The molecule has 0 fully saturated rings. The van der Waals surface area contributed by atoms with Gasteiger partial charge in [-0.05, 0) is 40.3 Å². The number of alkyl halides is 2. The lowest BCUT2D eigenvalue weighted by Crippen LogP contribution is -2.02. The number of aromatic hydroxyl groups is 1. The summed E-state index contributed by atoms with van der Waals surface area (Å²) in [7, 11) is 0. The molecule has 0 amide bonds. The number of pyridine rings is 1. The summed E-state index contributed by atoms with van der Waals surface area (Å²) in [5, 5.41) is 8.08. The molecule has 0 bridgehead atoms. The summed E-state index contributed by atoms with van der Waals surface area (Å²) in [4.78, 5) is 13.9. The van der Waals surface area contributed by atoms with Crippen LogP contribution >= 0.6 is 34.2 Å². The molecule has 76 valence electrons. The van der Waals surface area contributed by atoms with E-state index in [2.05, 4.69) is 4.98 Å². The van der Waals surface area contributed by atoms with Crippen molar-refractivity contribution in [1.29, 1.82) is 0 Å². The number of carbonyl (C=O) groups excluding carboxylic acids is 1. The molecule has 0 aliphatic heterocycles. The summed E-state index contributed by atoms with van der Waals surface area (Å²) in [6.07, 6.45) is -2.81. The minimum atomic E-state index is -2.81. The largest absolute Gasteiger partial charge is 0.505 e. The Morgan fingerprint density at radius 2 is 2.21 bits per heavy atom. The molecular weight excluding hydrogens is 330 g/mol. The van der Waals surface area contributed by atoms with E-state index in [9.17, 15) is 13.6 Å². The summed E-state index contributed by atoms with van der Waals surface area (Å²) in [6.45, 7) is 0. The van der Waals surface area contributed by atoms with E-state index in [0.717, 1.165) is 6.07 Å². The molecule has 1 N–H and O–H groups in total. The van der Waals surface area contributed by atoms with Gasteiger partial charge in [0.15, 0.2) is 5.69 Å². The van der Waals surface area contributed by atoms with E-state index >= 15 is 0 Å². The maximum atomic E-state index is 12.3. The summed E-state index contributed by atoms with van der Waals surface area (Å²) in [5.74, 6) is -0.501. The molecule has 7 heteroatoms. The fourth-order valence-electron chi connectivity index (χ4n) is 0.791. The van der Waals surface area contributed by atoms with Crippen molar-refractivity contribution in [2.75, 3.05) is 0 Å². The second-order valence-electron chi connectivity index (χ2n) is 2.30. The normalized spacial score (nSPS) is 10.6. The van der Waals surface area contributed by atoms with E-state index in [4.69, 9.17) is 16.7 Å². The minimum Gasteiger partial charge on any atom is -0.505 e. The summed E-state index contributed by atoms with van der Waals surface area (Å²) < 4.78 is 24.7. The molecule has 3 nitrogen and oxygen atoms in total. The molecule has 0 aliphatic rings. The first-order valence-electron chi connectivity index (χ1n) is 3.31. The molecule has 0 spiro atoms. The highest BCUT2D eigenvalue weighted by Gasteiger charge is 2.19. The van der Waals surface area contributed by atoms with E-state index in [1.54, 1.807) is 22.6 Å². The van der Waals surface area contributed by atoms with Crippen LogP contribution in [0.2, 0.25) is 0 Å². The Kier molecular flexibility index (Phi) is 3.59. The van der Waals surface area contributed by atoms with Crippen LogP contribution in [0.4, 0.5) is 8.78 Å². The molecule has 0 radical (unpaired) electrons. The minimum absolute atomic E-state index is 0.0803. The first-order valence-corrected chi connectivity index (χ1v) is 4.76. The van der Waals surface area contributed by atoms with Gasteiger partial charge in [0.05, 0.1) is 0 Å². The number of halogens is 4. The zero-order valence-corrected chi connectivity index (χ0v) is 9.38. The third kappa shape index (κ3) is 2.30. The van der Waals surface area contributed by atoms with Gasteiger partial charge in [-0.1, -0.05) is 0 Å². The third-order valence-corrected chi connectivity index (χ3v) is 2.42. The van der Waals surface area contributed by atoms with Gasteiger partial charge in [-0.15, -0.1) is 0 Å². The molecule has 0 saturated heterocycles. The molecule has 1 aromatic heterocycles. The van der Waals surface area contributed by atoms with Crippen molar-refractivity contribution in [3.8, 4) is 5.75 Å². The average Bonchev–Trinajstić information content (AvgIpc) is 2.02. The molecule has 0 aliphatic carbocycles. The lowest BCUT2D eigenvalue weighted by molar-refractivity contribution is 0.107. The molecule has 0 saturated carbocycles. The van der Waals surface area contributed by atoms with Gasteiger partial charge in [-0.3, -0.25) is 4.79 Å². The molecule has 0 atom stereocenters. The average molecular weight is 333 g/mol. The van der Waals surface area contributed by atoms with E-state index in [1.165, 1.54) is 0 Å². The molecule has 1 aromatic rings. The first kappa shape index (κ1) is 11.6. The topological polar surface area (TPSA) is 50.2 Å². The zero-order valence-electron chi connectivity index (χ0n) is 6.47. The van der Waals surface area contributed by atoms with E-state index in [1.807, 2.05) is 0 Å². The van der Waals surface area contributed by atoms with Crippen molar-refractivity contribution in [2.24, 2.45) is 0 Å². The SMILES string of the molecule is O=C(Cl)c1nc(C(F)F)c(I)cc1O. The second-order valence-corrected chi connectivity index (χ2v) is 3.80. The van der Waals surface area contributed by atoms with Crippen LogP contribution in [-0.2, 0) is 0 Å². The highest BCUT2D eigenvalue weighted by Crippen LogP contribution is 2.28. The second kappa shape index (κ2) is 4.35. The lowest BCUT2D eigenvalue weighted by Gasteiger charge is -2.05. The molecular formula is C7H3ClF2INO2. The van der Waals surface area contributed by atoms with Crippen LogP contribution in [-0.4, -0.2) is 15.3 Å². The van der Waals surface area contributed by atoms with Crippen LogP contribution < -0.4 is 0 Å². The van der Waals surface area contributed by atoms with Gasteiger partial charge < -0.3 is 5.11 Å². The van der Waals surface area contributed by atoms with Gasteiger partial charge in [-0.25, -0.2) is 13.8 Å². The van der Waals surface area contributed by atoms with Crippen LogP contribution in [0.15, 0.2) is 6.07 Å². The number of nitrogens with zero attached hydrogens (tertiary/aromatic N) is 1. The lowest BCUT2D eigenvalue weighted by atomic mass is 10.3. The summed E-state index contributed by atoms with van der Waals surface area (Å²) >= 11 is 6.61. The Morgan fingerprint density at radius 1 is 1.64 bits per heavy atom. The van der Waals surface area contributed by atoms with Crippen LogP contribution in [0, 0.1) is 3.57 Å². The fourth-order valence-corrected chi connectivity index (χ4v) is 1.58. The fraction of sp³-hybridized carbons (Fsp3) is 0.143. The van der Waals surface area contributed by atoms with Crippen LogP contribution in [0.5, 0.6) is 5.75 Å². The molecule has 1 heterocycles. The van der Waals surface area contributed by atoms with Crippen molar-refractivity contribution in [2.45, 2.75) is 6.43 Å². The zero-order chi connectivity index (χ0) is 10.9. The van der Waals surface area contributed by atoms with Crippen LogP contribution in [0.1, 0.15) is 22.6 Å². The summed E-state index contributed by atoms with van der Waals surface area (Å²) in [6, 6.07) is 1.02. The van der Waals surface area contributed by atoms with Crippen molar-refractivity contribution in [1.82, 2.24) is 4.98 Å². The van der Waals surface area contributed by atoms with Gasteiger partial charge in [0, 0.05) is 3.57 Å². The Hall–Kier alpha value is -0.500.